The minimum Gasteiger partial charge on any atom is -0.325 e. The van der Waals surface area contributed by atoms with E-state index in [2.05, 4.69) is 27.3 Å². The molecule has 0 spiro atoms. The largest absolute Gasteiger partial charge is 0.325 e. The van der Waals surface area contributed by atoms with Crippen LogP contribution in [0, 0.1) is 24.2 Å². The first-order valence-electron chi connectivity index (χ1n) is 6.60. The summed E-state index contributed by atoms with van der Waals surface area (Å²) in [5, 5.41) is 12.1. The van der Waals surface area contributed by atoms with E-state index in [4.69, 9.17) is 0 Å². The molecule has 2 aromatic carbocycles. The number of amides is 1. The maximum atomic E-state index is 12.3. The van der Waals surface area contributed by atoms with E-state index < -0.39 is 5.92 Å². The Hall–Kier alpha value is -2.12. The highest BCUT2D eigenvalue weighted by atomic mass is 79.9. The molecule has 0 aliphatic carbocycles. The van der Waals surface area contributed by atoms with Gasteiger partial charge in [0.15, 0.2) is 0 Å². The first kappa shape index (κ1) is 15.3. The van der Waals surface area contributed by atoms with Gasteiger partial charge in [0.2, 0.25) is 5.91 Å². The number of hydrogen-bond acceptors (Lipinski definition) is 2. The molecule has 2 aromatic rings. The number of halogens is 1. The zero-order valence-corrected chi connectivity index (χ0v) is 13.2. The van der Waals surface area contributed by atoms with Gasteiger partial charge in [0.25, 0.3) is 0 Å². The van der Waals surface area contributed by atoms with Crippen LogP contribution in [0.4, 0.5) is 5.69 Å². The molecule has 0 aromatic heterocycles. The first-order valence-corrected chi connectivity index (χ1v) is 7.40. The fourth-order valence-corrected chi connectivity index (χ4v) is 2.36. The minimum absolute atomic E-state index is 0.275. The molecule has 106 valence electrons. The lowest BCUT2D eigenvalue weighted by atomic mass is 9.99. The topological polar surface area (TPSA) is 52.9 Å². The molecule has 2 rings (SSSR count). The van der Waals surface area contributed by atoms with Gasteiger partial charge in [-0.1, -0.05) is 52.3 Å². The predicted molar refractivity (Wildman–Crippen MR) is 86.8 cm³/mol. The maximum absolute atomic E-state index is 12.3. The second-order valence-electron chi connectivity index (χ2n) is 4.82. The summed E-state index contributed by atoms with van der Waals surface area (Å²) in [6.45, 7) is 1.92. The van der Waals surface area contributed by atoms with Crippen molar-refractivity contribution in [3.05, 3.63) is 64.1 Å². The molecule has 0 aliphatic rings. The summed E-state index contributed by atoms with van der Waals surface area (Å²) in [7, 11) is 0. The second kappa shape index (κ2) is 7.05. The van der Waals surface area contributed by atoms with Gasteiger partial charge in [-0.2, -0.15) is 5.26 Å². The maximum Gasteiger partial charge on any atom is 0.242 e. The van der Waals surface area contributed by atoms with E-state index in [0.29, 0.717) is 6.42 Å². The normalized spacial score (nSPS) is 11.5. The Kier molecular flexibility index (Phi) is 5.13. The van der Waals surface area contributed by atoms with Gasteiger partial charge in [0, 0.05) is 10.2 Å². The molecule has 0 radical (unpaired) electrons. The van der Waals surface area contributed by atoms with Gasteiger partial charge in [0.05, 0.1) is 6.07 Å². The van der Waals surface area contributed by atoms with Crippen LogP contribution in [0.3, 0.4) is 0 Å². The molecule has 21 heavy (non-hydrogen) atoms. The highest BCUT2D eigenvalue weighted by Gasteiger charge is 2.19. The molecule has 1 amide bonds. The lowest BCUT2D eigenvalue weighted by Crippen LogP contribution is -2.23. The number of rotatable bonds is 4. The van der Waals surface area contributed by atoms with Gasteiger partial charge in [-0.15, -0.1) is 0 Å². The number of nitriles is 1. The van der Waals surface area contributed by atoms with Crippen LogP contribution in [0.5, 0.6) is 0 Å². The fourth-order valence-electron chi connectivity index (χ4n) is 2.00. The molecule has 1 atom stereocenters. The van der Waals surface area contributed by atoms with Crippen molar-refractivity contribution in [2.45, 2.75) is 13.3 Å². The smallest absolute Gasteiger partial charge is 0.242 e. The van der Waals surface area contributed by atoms with Gasteiger partial charge in [0.1, 0.15) is 5.92 Å². The third-order valence-corrected chi connectivity index (χ3v) is 3.71. The number of nitrogens with one attached hydrogen (secondary N) is 1. The number of nitrogens with zero attached hydrogens (tertiary/aromatic N) is 1. The van der Waals surface area contributed by atoms with Crippen LogP contribution in [-0.4, -0.2) is 5.91 Å². The van der Waals surface area contributed by atoms with E-state index in [0.717, 1.165) is 21.3 Å². The number of aryl methyl sites for hydroxylation is 1. The van der Waals surface area contributed by atoms with Crippen molar-refractivity contribution in [2.75, 3.05) is 5.32 Å². The number of anilines is 1. The molecule has 1 N–H and O–H groups in total. The number of benzene rings is 2. The quantitative estimate of drug-likeness (QED) is 0.909. The van der Waals surface area contributed by atoms with Crippen LogP contribution in [0.1, 0.15) is 11.1 Å². The zero-order chi connectivity index (χ0) is 15.2. The molecule has 0 fully saturated rings. The van der Waals surface area contributed by atoms with Crippen molar-refractivity contribution in [1.82, 2.24) is 0 Å². The number of hydrogen-bond donors (Lipinski definition) is 1. The van der Waals surface area contributed by atoms with E-state index in [9.17, 15) is 10.1 Å². The summed E-state index contributed by atoms with van der Waals surface area (Å²) >= 11 is 3.38. The van der Waals surface area contributed by atoms with Crippen molar-refractivity contribution in [3.8, 4) is 6.07 Å². The third kappa shape index (κ3) is 4.17. The highest BCUT2D eigenvalue weighted by molar-refractivity contribution is 9.10. The molecular weight excluding hydrogens is 328 g/mol. The predicted octanol–water partition coefficient (Wildman–Crippen LogP) is 4.08. The van der Waals surface area contributed by atoms with Crippen LogP contribution in [0.15, 0.2) is 53.0 Å². The first-order chi connectivity index (χ1) is 10.1. The summed E-state index contributed by atoms with van der Waals surface area (Å²) in [6, 6.07) is 17.3. The second-order valence-corrected chi connectivity index (χ2v) is 5.74. The standard InChI is InChI=1S/C17H15BrN2O/c1-12-7-8-15(18)10-16(12)20-17(21)14(11-19)9-13-5-3-2-4-6-13/h2-8,10,14H,9H2,1H3,(H,20,21). The van der Waals surface area contributed by atoms with Gasteiger partial charge in [-0.25, -0.2) is 0 Å². The van der Waals surface area contributed by atoms with E-state index in [1.54, 1.807) is 0 Å². The van der Waals surface area contributed by atoms with Crippen LogP contribution in [0.25, 0.3) is 0 Å². The number of carbonyl (C=O) groups is 1. The Morgan fingerprint density at radius 1 is 1.29 bits per heavy atom. The molecule has 0 saturated carbocycles. The Labute approximate surface area is 132 Å². The van der Waals surface area contributed by atoms with Crippen LogP contribution >= 0.6 is 15.9 Å². The highest BCUT2D eigenvalue weighted by Crippen LogP contribution is 2.21. The fraction of sp³-hybridized carbons (Fsp3) is 0.176. The Balaban J connectivity index is 2.10. The summed E-state index contributed by atoms with van der Waals surface area (Å²) in [4.78, 5) is 12.3. The van der Waals surface area contributed by atoms with Crippen LogP contribution in [0.2, 0.25) is 0 Å². The molecule has 4 heteroatoms. The van der Waals surface area contributed by atoms with Crippen molar-refractivity contribution in [1.29, 1.82) is 5.26 Å². The Morgan fingerprint density at radius 2 is 2.00 bits per heavy atom. The number of carbonyl (C=O) groups excluding carboxylic acids is 1. The molecule has 0 aliphatic heterocycles. The van der Waals surface area contributed by atoms with E-state index in [-0.39, 0.29) is 5.91 Å². The van der Waals surface area contributed by atoms with Gasteiger partial charge in [-0.05, 0) is 36.6 Å². The average Bonchev–Trinajstić information content (AvgIpc) is 2.49. The zero-order valence-electron chi connectivity index (χ0n) is 11.6. The monoisotopic (exact) mass is 342 g/mol. The van der Waals surface area contributed by atoms with Crippen molar-refractivity contribution >= 4 is 27.5 Å². The summed E-state index contributed by atoms with van der Waals surface area (Å²) < 4.78 is 0.889. The Morgan fingerprint density at radius 3 is 2.67 bits per heavy atom. The molecule has 1 unspecified atom stereocenters. The lowest BCUT2D eigenvalue weighted by Gasteiger charge is -2.12. The van der Waals surface area contributed by atoms with Crippen molar-refractivity contribution < 1.29 is 4.79 Å². The molecule has 0 bridgehead atoms. The molecular formula is C17H15BrN2O. The summed E-state index contributed by atoms with van der Waals surface area (Å²) in [5.74, 6) is -0.978. The summed E-state index contributed by atoms with van der Waals surface area (Å²) in [6.07, 6.45) is 0.413. The molecule has 0 heterocycles. The molecule has 0 saturated heterocycles. The van der Waals surface area contributed by atoms with Gasteiger partial charge in [-0.3, -0.25) is 4.79 Å². The molecule has 3 nitrogen and oxygen atoms in total. The van der Waals surface area contributed by atoms with Gasteiger partial charge >= 0.3 is 0 Å². The van der Waals surface area contributed by atoms with Crippen molar-refractivity contribution in [2.24, 2.45) is 5.92 Å². The van der Waals surface area contributed by atoms with E-state index in [1.807, 2.05) is 55.5 Å². The third-order valence-electron chi connectivity index (χ3n) is 3.21. The Bertz CT molecular complexity index is 677. The van der Waals surface area contributed by atoms with Crippen molar-refractivity contribution in [3.63, 3.8) is 0 Å². The van der Waals surface area contributed by atoms with Crippen LogP contribution in [-0.2, 0) is 11.2 Å². The van der Waals surface area contributed by atoms with Crippen LogP contribution < -0.4 is 5.32 Å². The lowest BCUT2D eigenvalue weighted by molar-refractivity contribution is -0.118. The average molecular weight is 343 g/mol. The van der Waals surface area contributed by atoms with E-state index in [1.165, 1.54) is 0 Å². The SMILES string of the molecule is Cc1ccc(Br)cc1NC(=O)C(C#N)Cc1ccccc1. The van der Waals surface area contributed by atoms with E-state index >= 15 is 0 Å². The summed E-state index contributed by atoms with van der Waals surface area (Å²) in [5.41, 5.74) is 2.66. The minimum atomic E-state index is -0.703. The van der Waals surface area contributed by atoms with Gasteiger partial charge < -0.3 is 5.32 Å².